The maximum Gasteiger partial charge on any atom is 0.295 e. The second-order valence-corrected chi connectivity index (χ2v) is 8.29. The van der Waals surface area contributed by atoms with Crippen LogP contribution in [0.5, 0.6) is 0 Å². The summed E-state index contributed by atoms with van der Waals surface area (Å²) >= 11 is 0. The van der Waals surface area contributed by atoms with E-state index < -0.39 is 22.3 Å². The molecule has 7 nitrogen and oxygen atoms in total. The number of carbonyl (C=O) groups excluding carboxylic acids is 1. The largest absolute Gasteiger partial charge is 0.367 e. The minimum atomic E-state index is -0.757. The molecular formula is C25H23F3N4O3. The van der Waals surface area contributed by atoms with E-state index in [1.54, 1.807) is 29.2 Å². The third-order valence-electron chi connectivity index (χ3n) is 5.96. The van der Waals surface area contributed by atoms with Crippen molar-refractivity contribution in [3.8, 4) is 0 Å². The fourth-order valence-electron chi connectivity index (χ4n) is 4.36. The average molecular weight is 484 g/mol. The van der Waals surface area contributed by atoms with Gasteiger partial charge in [0.05, 0.1) is 22.7 Å². The first kappa shape index (κ1) is 24.2. The maximum atomic E-state index is 14.8. The molecule has 1 N–H and O–H groups in total. The van der Waals surface area contributed by atoms with E-state index in [-0.39, 0.29) is 29.1 Å². The number of carbonyl (C=O) groups is 1. The van der Waals surface area contributed by atoms with E-state index in [0.717, 1.165) is 17.2 Å². The van der Waals surface area contributed by atoms with Crippen LogP contribution in [0.2, 0.25) is 0 Å². The van der Waals surface area contributed by atoms with Gasteiger partial charge in [-0.2, -0.15) is 0 Å². The highest BCUT2D eigenvalue weighted by atomic mass is 19.1. The molecule has 3 aromatic carbocycles. The molecule has 1 heterocycles. The van der Waals surface area contributed by atoms with E-state index in [1.165, 1.54) is 37.3 Å². The summed E-state index contributed by atoms with van der Waals surface area (Å²) in [6.07, 6.45) is 0. The van der Waals surface area contributed by atoms with Gasteiger partial charge in [-0.05, 0) is 41.5 Å². The second kappa shape index (κ2) is 10.1. The number of halogens is 3. The summed E-state index contributed by atoms with van der Waals surface area (Å²) in [5.74, 6) is -1.98. The number of amides is 1. The zero-order valence-electron chi connectivity index (χ0n) is 18.9. The van der Waals surface area contributed by atoms with Crippen LogP contribution in [0.1, 0.15) is 24.1 Å². The summed E-state index contributed by atoms with van der Waals surface area (Å²) in [4.78, 5) is 25.9. The summed E-state index contributed by atoms with van der Waals surface area (Å²) in [6, 6.07) is 14.1. The van der Waals surface area contributed by atoms with Crippen LogP contribution < -0.4 is 10.2 Å². The number of nitro groups is 1. The Balaban J connectivity index is 1.59. The lowest BCUT2D eigenvalue weighted by atomic mass is 9.96. The molecule has 3 aromatic rings. The first-order valence-corrected chi connectivity index (χ1v) is 11.0. The molecule has 0 aliphatic carbocycles. The van der Waals surface area contributed by atoms with Crippen molar-refractivity contribution in [2.24, 2.45) is 0 Å². The SMILES string of the molecule is CC(=O)Nc1cc(N2CCN(C(c3ccc(F)cc3)c3ccc(F)cc3)CC2)c(F)cc1[N+](=O)[O-]. The van der Waals surface area contributed by atoms with E-state index in [2.05, 4.69) is 10.2 Å². The van der Waals surface area contributed by atoms with Gasteiger partial charge in [0.1, 0.15) is 17.3 Å². The van der Waals surface area contributed by atoms with Gasteiger partial charge < -0.3 is 10.2 Å². The molecule has 0 radical (unpaired) electrons. The van der Waals surface area contributed by atoms with Crippen LogP contribution in [0.3, 0.4) is 0 Å². The molecular weight excluding hydrogens is 461 g/mol. The monoisotopic (exact) mass is 484 g/mol. The summed E-state index contributed by atoms with van der Waals surface area (Å²) in [7, 11) is 0. The van der Waals surface area contributed by atoms with Crippen molar-refractivity contribution in [2.75, 3.05) is 36.4 Å². The Bertz CT molecular complexity index is 1180. The third kappa shape index (κ3) is 5.43. The van der Waals surface area contributed by atoms with E-state index >= 15 is 0 Å². The smallest absolute Gasteiger partial charge is 0.295 e. The number of nitro benzene ring substituents is 1. The molecule has 0 aromatic heterocycles. The lowest BCUT2D eigenvalue weighted by Gasteiger charge is -2.40. The number of hydrogen-bond donors (Lipinski definition) is 1. The summed E-state index contributed by atoms with van der Waals surface area (Å²) in [5, 5.41) is 13.7. The van der Waals surface area contributed by atoms with Gasteiger partial charge in [-0.1, -0.05) is 24.3 Å². The van der Waals surface area contributed by atoms with Crippen LogP contribution >= 0.6 is 0 Å². The van der Waals surface area contributed by atoms with Crippen molar-refractivity contribution in [3.05, 3.63) is 99.4 Å². The first-order chi connectivity index (χ1) is 16.7. The minimum absolute atomic E-state index is 0.0724. The molecule has 10 heteroatoms. The highest BCUT2D eigenvalue weighted by Gasteiger charge is 2.29. The second-order valence-electron chi connectivity index (χ2n) is 8.29. The molecule has 0 saturated carbocycles. The van der Waals surface area contributed by atoms with Gasteiger partial charge in [-0.25, -0.2) is 13.2 Å². The number of anilines is 2. The van der Waals surface area contributed by atoms with Crippen LogP contribution in [0, 0.1) is 27.6 Å². The van der Waals surface area contributed by atoms with Crippen LogP contribution in [0.25, 0.3) is 0 Å². The van der Waals surface area contributed by atoms with Crippen molar-refractivity contribution in [1.29, 1.82) is 0 Å². The molecule has 0 bridgehead atoms. The summed E-state index contributed by atoms with van der Waals surface area (Å²) in [5.41, 5.74) is 1.23. The highest BCUT2D eigenvalue weighted by Crippen LogP contribution is 2.35. The standard InChI is InChI=1S/C25H23F3N4O3/c1-16(33)29-22-15-23(21(28)14-24(22)32(34)35)30-10-12-31(13-11-30)25(17-2-6-19(26)7-3-17)18-4-8-20(27)9-5-18/h2-9,14-15,25H,10-13H2,1H3,(H,29,33). The topological polar surface area (TPSA) is 78.7 Å². The Morgan fingerprint density at radius 2 is 1.43 bits per heavy atom. The molecule has 0 spiro atoms. The Morgan fingerprint density at radius 1 is 0.914 bits per heavy atom. The molecule has 1 aliphatic heterocycles. The molecule has 35 heavy (non-hydrogen) atoms. The fraction of sp³-hybridized carbons (Fsp3) is 0.240. The summed E-state index contributed by atoms with van der Waals surface area (Å²) < 4.78 is 41.9. The zero-order valence-corrected chi connectivity index (χ0v) is 18.9. The Kier molecular flexibility index (Phi) is 7.02. The molecule has 1 aliphatic rings. The zero-order chi connectivity index (χ0) is 25.1. The van der Waals surface area contributed by atoms with Crippen molar-refractivity contribution in [1.82, 2.24) is 4.90 Å². The predicted octanol–water partition coefficient (Wildman–Crippen LogP) is 4.88. The fourth-order valence-corrected chi connectivity index (χ4v) is 4.36. The Morgan fingerprint density at radius 3 is 1.89 bits per heavy atom. The van der Waals surface area contributed by atoms with E-state index in [4.69, 9.17) is 0 Å². The molecule has 0 atom stereocenters. The van der Waals surface area contributed by atoms with E-state index in [9.17, 15) is 28.1 Å². The number of piperazine rings is 1. The van der Waals surface area contributed by atoms with Crippen LogP contribution in [0.15, 0.2) is 60.7 Å². The lowest BCUT2D eigenvalue weighted by Crippen LogP contribution is -2.48. The van der Waals surface area contributed by atoms with Gasteiger partial charge >= 0.3 is 0 Å². The van der Waals surface area contributed by atoms with Crippen molar-refractivity contribution in [3.63, 3.8) is 0 Å². The van der Waals surface area contributed by atoms with Gasteiger partial charge in [0.15, 0.2) is 5.82 Å². The lowest BCUT2D eigenvalue weighted by molar-refractivity contribution is -0.384. The van der Waals surface area contributed by atoms with E-state index in [0.29, 0.717) is 26.2 Å². The molecule has 1 fully saturated rings. The van der Waals surface area contributed by atoms with Gasteiger partial charge in [-0.3, -0.25) is 19.8 Å². The third-order valence-corrected chi connectivity index (χ3v) is 5.96. The molecule has 4 rings (SSSR count). The first-order valence-electron chi connectivity index (χ1n) is 11.0. The Hall–Kier alpha value is -3.92. The molecule has 1 saturated heterocycles. The minimum Gasteiger partial charge on any atom is -0.367 e. The van der Waals surface area contributed by atoms with Crippen molar-refractivity contribution >= 4 is 23.0 Å². The van der Waals surface area contributed by atoms with Gasteiger partial charge in [-0.15, -0.1) is 0 Å². The highest BCUT2D eigenvalue weighted by molar-refractivity contribution is 5.92. The normalized spacial score (nSPS) is 14.3. The number of nitrogens with one attached hydrogen (secondary N) is 1. The van der Waals surface area contributed by atoms with Crippen LogP contribution in [-0.2, 0) is 4.79 Å². The van der Waals surface area contributed by atoms with Crippen LogP contribution in [0.4, 0.5) is 30.2 Å². The van der Waals surface area contributed by atoms with Crippen molar-refractivity contribution < 1.29 is 22.9 Å². The maximum absolute atomic E-state index is 14.8. The van der Waals surface area contributed by atoms with Gasteiger partial charge in [0.25, 0.3) is 5.69 Å². The van der Waals surface area contributed by atoms with Gasteiger partial charge in [0.2, 0.25) is 5.91 Å². The number of nitrogens with zero attached hydrogens (tertiary/aromatic N) is 3. The predicted molar refractivity (Wildman–Crippen MR) is 126 cm³/mol. The van der Waals surface area contributed by atoms with Crippen molar-refractivity contribution in [2.45, 2.75) is 13.0 Å². The van der Waals surface area contributed by atoms with Crippen LogP contribution in [-0.4, -0.2) is 41.9 Å². The molecule has 1 amide bonds. The number of rotatable bonds is 6. The van der Waals surface area contributed by atoms with Gasteiger partial charge in [0, 0.05) is 33.1 Å². The van der Waals surface area contributed by atoms with E-state index in [1.807, 2.05) is 0 Å². The summed E-state index contributed by atoms with van der Waals surface area (Å²) in [6.45, 7) is 2.99. The molecule has 182 valence electrons. The quantitative estimate of drug-likeness (QED) is 0.399. The Labute approximate surface area is 199 Å². The number of benzene rings is 3. The molecule has 0 unspecified atom stereocenters. The average Bonchev–Trinajstić information content (AvgIpc) is 2.82. The number of hydrogen-bond acceptors (Lipinski definition) is 5.